The Morgan fingerprint density at radius 2 is 1.85 bits per heavy atom. The third-order valence-electron chi connectivity index (χ3n) is 6.80. The van der Waals surface area contributed by atoms with E-state index in [4.69, 9.17) is 15.7 Å². The van der Waals surface area contributed by atoms with Crippen LogP contribution in [0.3, 0.4) is 0 Å². The number of hydrogen-bond donors (Lipinski definition) is 0. The molecule has 4 rings (SSSR count). The molecule has 2 aromatic carbocycles. The van der Waals surface area contributed by atoms with Gasteiger partial charge in [-0.3, -0.25) is 0 Å². The minimum absolute atomic E-state index is 0.0177. The van der Waals surface area contributed by atoms with Crippen LogP contribution in [0.15, 0.2) is 36.4 Å². The molecular formula is C27H33N3O2SSi. The Bertz CT molecular complexity index is 1240. The molecule has 0 saturated carbocycles. The van der Waals surface area contributed by atoms with Gasteiger partial charge in [0.1, 0.15) is 15.8 Å². The van der Waals surface area contributed by atoms with E-state index in [-0.39, 0.29) is 17.2 Å². The standard InChI is InChI=1S/C27H33N3O2SSi/c1-17(2)31-24-14-12-18(16-22(24)28-6)25-29-30-26(33-25)21-11-9-10-20-19(21)13-15-23(20)32-34(7,8)27(3,4)5/h9-12,14,16-17,23H,13,15H2,1-5,7-8H3/t23-/m0/s1. The molecule has 0 amide bonds. The molecule has 0 N–H and O–H groups in total. The number of fused-ring (bicyclic) bond motifs is 1. The van der Waals surface area contributed by atoms with E-state index in [1.165, 1.54) is 11.1 Å². The zero-order valence-electron chi connectivity index (χ0n) is 21.1. The molecule has 1 aliphatic rings. The molecule has 1 aliphatic carbocycles. The average Bonchev–Trinajstić information content (AvgIpc) is 3.40. The second-order valence-corrected chi connectivity index (χ2v) is 16.4. The first-order valence-electron chi connectivity index (χ1n) is 11.8. The molecule has 3 aromatic rings. The van der Waals surface area contributed by atoms with Crippen LogP contribution in [-0.4, -0.2) is 24.6 Å². The second kappa shape index (κ2) is 9.25. The number of ether oxygens (including phenoxy) is 1. The van der Waals surface area contributed by atoms with Crippen molar-refractivity contribution < 1.29 is 9.16 Å². The number of nitrogens with zero attached hydrogens (tertiary/aromatic N) is 3. The summed E-state index contributed by atoms with van der Waals surface area (Å²) < 4.78 is 12.5. The highest BCUT2D eigenvalue weighted by Crippen LogP contribution is 2.46. The molecule has 5 nitrogen and oxygen atoms in total. The first-order chi connectivity index (χ1) is 16.0. The van der Waals surface area contributed by atoms with Gasteiger partial charge >= 0.3 is 0 Å². The summed E-state index contributed by atoms with van der Waals surface area (Å²) >= 11 is 1.56. The van der Waals surface area contributed by atoms with E-state index in [9.17, 15) is 0 Å². The molecule has 0 spiro atoms. The third kappa shape index (κ3) is 4.81. The van der Waals surface area contributed by atoms with Gasteiger partial charge in [0.2, 0.25) is 5.69 Å². The molecular weight excluding hydrogens is 458 g/mol. The smallest absolute Gasteiger partial charge is 0.228 e. The van der Waals surface area contributed by atoms with Crippen molar-refractivity contribution in [1.29, 1.82) is 0 Å². The van der Waals surface area contributed by atoms with Gasteiger partial charge in [0, 0.05) is 11.1 Å². The first kappa shape index (κ1) is 24.6. The number of benzene rings is 2. The Labute approximate surface area is 208 Å². The maximum absolute atomic E-state index is 7.53. The highest BCUT2D eigenvalue weighted by Gasteiger charge is 2.41. The molecule has 1 heterocycles. The minimum atomic E-state index is -1.86. The van der Waals surface area contributed by atoms with Crippen molar-refractivity contribution in [2.24, 2.45) is 0 Å². The van der Waals surface area contributed by atoms with Crippen molar-refractivity contribution in [3.05, 3.63) is 58.9 Å². The van der Waals surface area contributed by atoms with E-state index < -0.39 is 8.32 Å². The van der Waals surface area contributed by atoms with Gasteiger partial charge in [-0.05, 0) is 68.1 Å². The monoisotopic (exact) mass is 491 g/mol. The molecule has 0 fully saturated rings. The van der Waals surface area contributed by atoms with Gasteiger partial charge in [0.05, 0.1) is 18.8 Å². The maximum Gasteiger partial charge on any atom is 0.228 e. The summed E-state index contributed by atoms with van der Waals surface area (Å²) in [6.07, 6.45) is 2.17. The largest absolute Gasteiger partial charge is 0.502 e. The summed E-state index contributed by atoms with van der Waals surface area (Å²) in [5.74, 6) is 0.604. The summed E-state index contributed by atoms with van der Waals surface area (Å²) in [6, 6.07) is 12.1. The van der Waals surface area contributed by atoms with Crippen LogP contribution in [-0.2, 0) is 10.8 Å². The second-order valence-electron chi connectivity index (χ2n) is 10.7. The fraction of sp³-hybridized carbons (Fsp3) is 0.444. The van der Waals surface area contributed by atoms with Crippen molar-refractivity contribution in [1.82, 2.24) is 10.2 Å². The van der Waals surface area contributed by atoms with Gasteiger partial charge in [0.15, 0.2) is 8.32 Å². The van der Waals surface area contributed by atoms with Crippen LogP contribution < -0.4 is 4.74 Å². The van der Waals surface area contributed by atoms with Crippen molar-refractivity contribution in [2.45, 2.75) is 77.8 Å². The predicted octanol–water partition coefficient (Wildman–Crippen LogP) is 8.22. The van der Waals surface area contributed by atoms with Crippen LogP contribution in [0.2, 0.25) is 18.1 Å². The molecule has 7 heteroatoms. The quantitative estimate of drug-likeness (QED) is 0.257. The summed E-state index contributed by atoms with van der Waals surface area (Å²) in [4.78, 5) is 3.65. The topological polar surface area (TPSA) is 48.6 Å². The molecule has 1 aromatic heterocycles. The highest BCUT2D eigenvalue weighted by molar-refractivity contribution is 7.17. The highest BCUT2D eigenvalue weighted by atomic mass is 32.1. The van der Waals surface area contributed by atoms with Crippen molar-refractivity contribution in [3.8, 4) is 26.9 Å². The van der Waals surface area contributed by atoms with E-state index in [1.54, 1.807) is 11.3 Å². The zero-order chi connectivity index (χ0) is 24.7. The lowest BCUT2D eigenvalue weighted by atomic mass is 10.0. The molecule has 34 heavy (non-hydrogen) atoms. The molecule has 178 valence electrons. The van der Waals surface area contributed by atoms with Crippen LogP contribution in [0, 0.1) is 6.57 Å². The minimum Gasteiger partial charge on any atom is -0.502 e. The Kier molecular flexibility index (Phi) is 6.69. The lowest BCUT2D eigenvalue weighted by Crippen LogP contribution is -2.41. The fourth-order valence-corrected chi connectivity index (χ4v) is 6.21. The van der Waals surface area contributed by atoms with Gasteiger partial charge in [-0.2, -0.15) is 0 Å². The number of hydrogen-bond acceptors (Lipinski definition) is 5. The van der Waals surface area contributed by atoms with Crippen LogP contribution in [0.5, 0.6) is 5.75 Å². The van der Waals surface area contributed by atoms with Crippen LogP contribution >= 0.6 is 11.3 Å². The van der Waals surface area contributed by atoms with E-state index in [1.807, 2.05) is 32.0 Å². The van der Waals surface area contributed by atoms with Crippen molar-refractivity contribution >= 4 is 25.3 Å². The predicted molar refractivity (Wildman–Crippen MR) is 142 cm³/mol. The van der Waals surface area contributed by atoms with Gasteiger partial charge in [-0.1, -0.05) is 56.4 Å². The van der Waals surface area contributed by atoms with Gasteiger partial charge in [0.25, 0.3) is 0 Å². The number of rotatable bonds is 6. The maximum atomic E-state index is 7.53. The van der Waals surface area contributed by atoms with Crippen molar-refractivity contribution in [2.75, 3.05) is 0 Å². The van der Waals surface area contributed by atoms with Gasteiger partial charge in [-0.15, -0.1) is 10.2 Å². The van der Waals surface area contributed by atoms with Crippen LogP contribution in [0.4, 0.5) is 5.69 Å². The Hall–Kier alpha value is -2.53. The normalized spacial score (nSPS) is 15.9. The first-order valence-corrected chi connectivity index (χ1v) is 15.5. The Balaban J connectivity index is 1.63. The molecule has 0 bridgehead atoms. The van der Waals surface area contributed by atoms with Crippen LogP contribution in [0.1, 0.15) is 58.3 Å². The lowest BCUT2D eigenvalue weighted by Gasteiger charge is -2.38. The summed E-state index contributed by atoms with van der Waals surface area (Å²) in [5.41, 5.74) is 5.15. The SMILES string of the molecule is [C-]#[N+]c1cc(-c2nnc(-c3cccc4c3CC[C@@H]4O[Si](C)(C)C(C)(C)C)s2)ccc1OC(C)C. The molecule has 0 saturated heterocycles. The Morgan fingerprint density at radius 1 is 1.12 bits per heavy atom. The Morgan fingerprint density at radius 3 is 2.53 bits per heavy atom. The summed E-state index contributed by atoms with van der Waals surface area (Å²) in [7, 11) is -1.86. The molecule has 1 atom stereocenters. The van der Waals surface area contributed by atoms with E-state index in [0.717, 1.165) is 34.0 Å². The molecule has 0 radical (unpaired) electrons. The van der Waals surface area contributed by atoms with Gasteiger partial charge in [-0.25, -0.2) is 4.85 Å². The zero-order valence-corrected chi connectivity index (χ0v) is 22.9. The summed E-state index contributed by atoms with van der Waals surface area (Å²) in [5, 5.41) is 10.9. The van der Waals surface area contributed by atoms with E-state index in [0.29, 0.717) is 11.4 Å². The lowest BCUT2D eigenvalue weighted by molar-refractivity contribution is 0.185. The molecule has 0 aliphatic heterocycles. The number of aromatic nitrogens is 2. The average molecular weight is 492 g/mol. The third-order valence-corrected chi connectivity index (χ3v) is 12.3. The molecule has 0 unspecified atom stereocenters. The van der Waals surface area contributed by atoms with E-state index >= 15 is 0 Å². The fourth-order valence-electron chi connectivity index (χ4n) is 4.01. The van der Waals surface area contributed by atoms with Crippen molar-refractivity contribution in [3.63, 3.8) is 0 Å². The van der Waals surface area contributed by atoms with Crippen LogP contribution in [0.25, 0.3) is 26.0 Å². The van der Waals surface area contributed by atoms with E-state index in [2.05, 4.69) is 67.1 Å². The van der Waals surface area contributed by atoms with Gasteiger partial charge < -0.3 is 9.16 Å². The summed E-state index contributed by atoms with van der Waals surface area (Å²) in [6.45, 7) is 22.9.